The fourth-order valence-electron chi connectivity index (χ4n) is 3.83. The molecule has 1 aromatic rings. The van der Waals surface area contributed by atoms with E-state index in [4.69, 9.17) is 4.74 Å². The maximum Gasteiger partial charge on any atom is 0.237 e. The lowest BCUT2D eigenvalue weighted by Crippen LogP contribution is -2.48. The molecule has 1 saturated carbocycles. The van der Waals surface area contributed by atoms with E-state index in [0.29, 0.717) is 12.6 Å². The molecule has 1 aliphatic heterocycles. The SMILES string of the molecule is CN1Cc2ccccc2CC1C(=O)NCCCOC1CCCCC1. The molecule has 0 bridgehead atoms. The van der Waals surface area contributed by atoms with Crippen LogP contribution < -0.4 is 5.32 Å². The van der Waals surface area contributed by atoms with Gasteiger partial charge < -0.3 is 10.1 Å². The van der Waals surface area contributed by atoms with E-state index in [-0.39, 0.29) is 11.9 Å². The number of hydrogen-bond acceptors (Lipinski definition) is 3. The first-order chi connectivity index (χ1) is 11.7. The van der Waals surface area contributed by atoms with E-state index in [9.17, 15) is 4.79 Å². The molecule has 24 heavy (non-hydrogen) atoms. The molecule has 1 fully saturated rings. The van der Waals surface area contributed by atoms with Crippen LogP contribution in [0.3, 0.4) is 0 Å². The van der Waals surface area contributed by atoms with Gasteiger partial charge in [0.15, 0.2) is 0 Å². The number of hydrogen-bond donors (Lipinski definition) is 1. The van der Waals surface area contributed by atoms with Crippen LogP contribution in [-0.4, -0.2) is 43.2 Å². The van der Waals surface area contributed by atoms with Crippen molar-refractivity contribution in [2.75, 3.05) is 20.2 Å². The van der Waals surface area contributed by atoms with Crippen LogP contribution in [-0.2, 0) is 22.5 Å². The summed E-state index contributed by atoms with van der Waals surface area (Å²) in [5.74, 6) is 0.143. The van der Waals surface area contributed by atoms with Crippen molar-refractivity contribution < 1.29 is 9.53 Å². The monoisotopic (exact) mass is 330 g/mol. The minimum atomic E-state index is -0.0563. The molecule has 1 amide bonds. The Morgan fingerprint density at radius 2 is 1.96 bits per heavy atom. The third kappa shape index (κ3) is 4.58. The largest absolute Gasteiger partial charge is 0.378 e. The Morgan fingerprint density at radius 3 is 2.75 bits per heavy atom. The average Bonchev–Trinajstić information content (AvgIpc) is 2.61. The number of ether oxygens (including phenoxy) is 1. The second-order valence-electron chi connectivity index (χ2n) is 7.18. The van der Waals surface area contributed by atoms with Crippen molar-refractivity contribution in [2.45, 2.75) is 63.6 Å². The first-order valence-corrected chi connectivity index (χ1v) is 9.40. The molecule has 3 rings (SSSR count). The Bertz CT molecular complexity index is 540. The molecule has 0 aromatic heterocycles. The summed E-state index contributed by atoms with van der Waals surface area (Å²) in [5, 5.41) is 3.09. The summed E-state index contributed by atoms with van der Waals surface area (Å²) in [6.45, 7) is 2.31. The van der Waals surface area contributed by atoms with Crippen LogP contribution in [0.2, 0.25) is 0 Å². The zero-order valence-electron chi connectivity index (χ0n) is 14.8. The summed E-state index contributed by atoms with van der Waals surface area (Å²) in [4.78, 5) is 14.6. The van der Waals surface area contributed by atoms with Gasteiger partial charge in [-0.3, -0.25) is 9.69 Å². The summed E-state index contributed by atoms with van der Waals surface area (Å²) in [6.07, 6.45) is 8.53. The number of amides is 1. The molecule has 1 aromatic carbocycles. The standard InChI is InChI=1S/C20H30N2O2/c1-22-15-17-9-6-5-8-16(17)14-19(22)20(23)21-12-7-13-24-18-10-3-2-4-11-18/h5-6,8-9,18-19H,2-4,7,10-15H2,1H3,(H,21,23). The van der Waals surface area contributed by atoms with Crippen LogP contribution in [0.1, 0.15) is 49.7 Å². The van der Waals surface area contributed by atoms with E-state index in [0.717, 1.165) is 26.0 Å². The predicted molar refractivity (Wildman–Crippen MR) is 95.9 cm³/mol. The van der Waals surface area contributed by atoms with Gasteiger partial charge in [0.1, 0.15) is 0 Å². The van der Waals surface area contributed by atoms with E-state index in [2.05, 4.69) is 34.5 Å². The van der Waals surface area contributed by atoms with E-state index < -0.39 is 0 Å². The third-order valence-electron chi connectivity index (χ3n) is 5.31. The Kier molecular flexibility index (Phi) is 6.27. The van der Waals surface area contributed by atoms with Crippen molar-refractivity contribution in [3.05, 3.63) is 35.4 Å². The van der Waals surface area contributed by atoms with Gasteiger partial charge in [0, 0.05) is 19.7 Å². The highest BCUT2D eigenvalue weighted by Crippen LogP contribution is 2.22. The second-order valence-corrected chi connectivity index (χ2v) is 7.18. The van der Waals surface area contributed by atoms with E-state index in [1.54, 1.807) is 0 Å². The third-order valence-corrected chi connectivity index (χ3v) is 5.31. The van der Waals surface area contributed by atoms with Crippen LogP contribution in [0.4, 0.5) is 0 Å². The molecule has 0 radical (unpaired) electrons. The zero-order valence-corrected chi connectivity index (χ0v) is 14.8. The minimum Gasteiger partial charge on any atom is -0.378 e. The lowest BCUT2D eigenvalue weighted by Gasteiger charge is -2.33. The number of fused-ring (bicyclic) bond motifs is 1. The number of nitrogens with zero attached hydrogens (tertiary/aromatic N) is 1. The molecule has 0 saturated heterocycles. The Morgan fingerprint density at radius 1 is 1.21 bits per heavy atom. The highest BCUT2D eigenvalue weighted by molar-refractivity contribution is 5.82. The molecular weight excluding hydrogens is 300 g/mol. The second kappa shape index (κ2) is 8.63. The first kappa shape index (κ1) is 17.4. The molecule has 1 heterocycles. The molecular formula is C20H30N2O2. The topological polar surface area (TPSA) is 41.6 Å². The summed E-state index contributed by atoms with van der Waals surface area (Å²) in [7, 11) is 2.03. The summed E-state index contributed by atoms with van der Waals surface area (Å²) in [6, 6.07) is 8.36. The molecule has 1 aliphatic carbocycles. The molecule has 1 N–H and O–H groups in total. The fraction of sp³-hybridized carbons (Fsp3) is 0.650. The van der Waals surface area contributed by atoms with Gasteiger partial charge in [0.05, 0.1) is 12.1 Å². The number of nitrogens with one attached hydrogen (secondary N) is 1. The van der Waals surface area contributed by atoms with Crippen LogP contribution in [0.25, 0.3) is 0 Å². The van der Waals surface area contributed by atoms with Crippen LogP contribution in [0.15, 0.2) is 24.3 Å². The lowest BCUT2D eigenvalue weighted by molar-refractivity contribution is -0.126. The van der Waals surface area contributed by atoms with Crippen molar-refractivity contribution in [2.24, 2.45) is 0 Å². The average molecular weight is 330 g/mol. The van der Waals surface area contributed by atoms with Crippen molar-refractivity contribution in [1.82, 2.24) is 10.2 Å². The molecule has 132 valence electrons. The summed E-state index contributed by atoms with van der Waals surface area (Å²) < 4.78 is 5.92. The highest BCUT2D eigenvalue weighted by atomic mass is 16.5. The van der Waals surface area contributed by atoms with Gasteiger partial charge >= 0.3 is 0 Å². The number of carbonyl (C=O) groups is 1. The number of benzene rings is 1. The van der Waals surface area contributed by atoms with Gasteiger partial charge in [-0.2, -0.15) is 0 Å². The smallest absolute Gasteiger partial charge is 0.237 e. The van der Waals surface area contributed by atoms with Crippen molar-refractivity contribution in [3.63, 3.8) is 0 Å². The normalized spacial score (nSPS) is 22.1. The Balaban J connectivity index is 1.37. The Hall–Kier alpha value is -1.39. The van der Waals surface area contributed by atoms with Crippen LogP contribution in [0.5, 0.6) is 0 Å². The first-order valence-electron chi connectivity index (χ1n) is 9.40. The van der Waals surface area contributed by atoms with Gasteiger partial charge in [-0.15, -0.1) is 0 Å². The van der Waals surface area contributed by atoms with E-state index in [1.807, 2.05) is 7.05 Å². The number of rotatable bonds is 6. The van der Waals surface area contributed by atoms with Gasteiger partial charge in [0.2, 0.25) is 5.91 Å². The van der Waals surface area contributed by atoms with Crippen LogP contribution >= 0.6 is 0 Å². The molecule has 4 nitrogen and oxygen atoms in total. The maximum absolute atomic E-state index is 12.5. The van der Waals surface area contributed by atoms with Crippen molar-refractivity contribution in [3.8, 4) is 0 Å². The van der Waals surface area contributed by atoms with E-state index >= 15 is 0 Å². The number of carbonyl (C=O) groups excluding carboxylic acids is 1. The Labute approximate surface area is 145 Å². The molecule has 0 spiro atoms. The van der Waals surface area contributed by atoms with Gasteiger partial charge in [-0.1, -0.05) is 43.5 Å². The number of likely N-dealkylation sites (N-methyl/N-ethyl adjacent to an activating group) is 1. The zero-order chi connectivity index (χ0) is 16.8. The predicted octanol–water partition coefficient (Wildman–Crippen LogP) is 2.90. The highest BCUT2D eigenvalue weighted by Gasteiger charge is 2.28. The summed E-state index contributed by atoms with van der Waals surface area (Å²) in [5.41, 5.74) is 2.64. The van der Waals surface area contributed by atoms with Gasteiger partial charge in [-0.25, -0.2) is 0 Å². The quantitative estimate of drug-likeness (QED) is 0.816. The molecule has 1 unspecified atom stereocenters. The lowest BCUT2D eigenvalue weighted by atomic mass is 9.94. The van der Waals surface area contributed by atoms with Crippen molar-refractivity contribution in [1.29, 1.82) is 0 Å². The van der Waals surface area contributed by atoms with Gasteiger partial charge in [-0.05, 0) is 43.9 Å². The molecule has 4 heteroatoms. The maximum atomic E-state index is 12.5. The van der Waals surface area contributed by atoms with E-state index in [1.165, 1.54) is 43.2 Å². The molecule has 1 atom stereocenters. The molecule has 2 aliphatic rings. The summed E-state index contributed by atoms with van der Waals surface area (Å²) >= 11 is 0. The fourth-order valence-corrected chi connectivity index (χ4v) is 3.83. The van der Waals surface area contributed by atoms with Crippen LogP contribution in [0, 0.1) is 0 Å². The van der Waals surface area contributed by atoms with Gasteiger partial charge in [0.25, 0.3) is 0 Å². The minimum absolute atomic E-state index is 0.0563. The van der Waals surface area contributed by atoms with Crippen molar-refractivity contribution >= 4 is 5.91 Å².